The second-order valence-electron chi connectivity index (χ2n) is 37.3. The van der Waals surface area contributed by atoms with Gasteiger partial charge in [0, 0.05) is 41.4 Å². The lowest BCUT2D eigenvalue weighted by Gasteiger charge is -2.55. The molecule has 35 heteroatoms. The normalized spacial score (nSPS) is 43.9. The summed E-state index contributed by atoms with van der Waals surface area (Å²) in [5.74, 6) is -13.7. The summed E-state index contributed by atoms with van der Waals surface area (Å²) in [6, 6.07) is 0. The number of hydrogen-bond donors (Lipinski definition) is 21. The molecule has 49 atom stereocenters. The van der Waals surface area contributed by atoms with Gasteiger partial charge in [-0.15, -0.1) is 0 Å². The summed E-state index contributed by atoms with van der Waals surface area (Å²) >= 11 is 0. The van der Waals surface area contributed by atoms with Gasteiger partial charge in [-0.1, -0.05) is 0 Å². The molecule has 35 nitrogen and oxygen atoms in total. The van der Waals surface area contributed by atoms with E-state index in [2.05, 4.69) is 0 Å². The van der Waals surface area contributed by atoms with Crippen molar-refractivity contribution in [2.45, 2.75) is 402 Å². The van der Waals surface area contributed by atoms with Gasteiger partial charge in [0.1, 0.15) is 42.7 Å². The first-order chi connectivity index (χ1) is 56.2. The third-order valence-corrected chi connectivity index (χ3v) is 25.9. The van der Waals surface area contributed by atoms with Crippen molar-refractivity contribution < 1.29 is 174 Å². The van der Waals surface area contributed by atoms with Crippen LogP contribution in [0.3, 0.4) is 0 Å². The van der Waals surface area contributed by atoms with Crippen LogP contribution < -0.4 is 0 Å². The summed E-state index contributed by atoms with van der Waals surface area (Å²) in [7, 11) is 0. The predicted octanol–water partition coefficient (Wildman–Crippen LogP) is -0.864. The van der Waals surface area contributed by atoms with Gasteiger partial charge in [0.2, 0.25) is 0 Å². The fraction of sp³-hybridized carbons (Fsp3) is 1.00. The van der Waals surface area contributed by atoms with Crippen LogP contribution in [0.25, 0.3) is 0 Å². The highest BCUT2D eigenvalue weighted by atomic mass is 16.8. The third kappa shape index (κ3) is 27.4. The second kappa shape index (κ2) is 47.8. The van der Waals surface area contributed by atoms with Crippen molar-refractivity contribution in [1.29, 1.82) is 0 Å². The molecule has 700 valence electrons. The smallest absolute Gasteiger partial charge is 0.161 e. The summed E-state index contributed by atoms with van der Waals surface area (Å²) in [6.07, 6.45) is -46.6. The summed E-state index contributed by atoms with van der Waals surface area (Å²) in [5.41, 5.74) is 0. The molecular formula is C84H154O35. The molecule has 119 heavy (non-hydrogen) atoms. The van der Waals surface area contributed by atoms with Gasteiger partial charge in [-0.3, -0.25) is 0 Å². The summed E-state index contributed by atoms with van der Waals surface area (Å²) < 4.78 is 98.9. The molecule has 21 fully saturated rings. The Kier molecular flexibility index (Phi) is 41.3. The Hall–Kier alpha value is -1.40. The average molecular weight is 1720 g/mol. The van der Waals surface area contributed by atoms with Gasteiger partial charge < -0.3 is 174 Å². The van der Waals surface area contributed by atoms with Crippen LogP contribution in [-0.4, -0.2) is 368 Å². The fourth-order valence-corrected chi connectivity index (χ4v) is 21.5. The molecular weight excluding hydrogens is 1570 g/mol. The molecule has 0 amide bonds. The molecule has 0 aliphatic carbocycles. The highest BCUT2D eigenvalue weighted by Gasteiger charge is 2.62. The minimum absolute atomic E-state index is 0.112. The van der Waals surface area contributed by atoms with Crippen molar-refractivity contribution >= 4 is 0 Å². The summed E-state index contributed by atoms with van der Waals surface area (Å²) in [5, 5.41) is 245. The molecule has 21 N–H and O–H groups in total. The summed E-state index contributed by atoms with van der Waals surface area (Å²) in [6.45, 7) is 15.9. The first-order valence-corrected chi connectivity index (χ1v) is 44.1. The van der Waals surface area contributed by atoms with Crippen molar-refractivity contribution in [1.82, 2.24) is 0 Å². The van der Waals surface area contributed by atoms with Crippen molar-refractivity contribution in [2.75, 3.05) is 46.2 Å². The Labute approximate surface area is 701 Å². The van der Waals surface area contributed by atoms with E-state index in [1.54, 1.807) is 0 Å². The van der Waals surface area contributed by atoms with Gasteiger partial charge in [0.25, 0.3) is 0 Å². The Bertz CT molecular complexity index is 2300. The molecule has 0 aromatic rings. The topological polar surface area (TPSA) is 554 Å². The molecule has 0 spiro atoms. The number of rotatable bonds is 35. The second-order valence-corrected chi connectivity index (χ2v) is 37.3. The molecule has 0 aromatic carbocycles. The molecule has 21 heterocycles. The minimum atomic E-state index is -1.47. The van der Waals surface area contributed by atoms with Crippen molar-refractivity contribution in [3.8, 4) is 0 Å². The quantitative estimate of drug-likeness (QED) is 0.0367. The van der Waals surface area contributed by atoms with Crippen LogP contribution in [0.1, 0.15) is 187 Å². The monoisotopic (exact) mass is 1720 g/mol. The average Bonchev–Trinajstić information content (AvgIpc) is 0.806. The first-order valence-electron chi connectivity index (χ1n) is 44.1. The van der Waals surface area contributed by atoms with E-state index in [1.807, 2.05) is 0 Å². The van der Waals surface area contributed by atoms with Gasteiger partial charge in [0.15, 0.2) is 44.0 Å². The molecule has 21 aliphatic rings. The van der Waals surface area contributed by atoms with E-state index in [4.69, 9.17) is 66.3 Å². The van der Waals surface area contributed by atoms with Crippen LogP contribution in [0.15, 0.2) is 0 Å². The zero-order valence-corrected chi connectivity index (χ0v) is 72.2. The van der Waals surface area contributed by atoms with Crippen LogP contribution in [0.5, 0.6) is 0 Å². The van der Waals surface area contributed by atoms with E-state index < -0.39 is 344 Å². The van der Waals surface area contributed by atoms with E-state index in [0.29, 0.717) is 0 Å². The van der Waals surface area contributed by atoms with E-state index in [9.17, 15) is 107 Å². The highest BCUT2D eigenvalue weighted by molar-refractivity contribution is 5.04. The zero-order chi connectivity index (χ0) is 88.0. The standard InChI is InChI=1S/C84H154O35/c1-36(92)15-50-57(22-43(8)99)78-106-64(29-85)71(50)113-79-58(23-44(9)100)51(16-37(2)93)73(66(31-87)107-79)115-81-60(25-46(11)102)53(18-39(4)95)75(68(33-89)109-81)117-83-62(27-48(13)104)55(20-41(6)97)77(70(35-91)111-83)119-84-63(28-49(14)105)56(21-42(7)98)76(69(34-90)112-84)118-82-61(26-47(12)103)54(19-40(5)96)74(67(32-88)110-82)116-80-59(24-45(10)101)52(17-38(3)94)72(114-78)65(30-86)108-80/h36-105H,15-35H2,1-14H3/t36?,37?,38?,39?,40?,41?,42?,43?,44?,45?,46?,47?,48?,49?,50-,51-,52-,53-,54-,55-,56-,57-,58-,59-,60-,61-,62-,63-,64-,65-,66-,67-,68-,69-,70-,71+,72+,73+,74+,75+,76+,77+,78-,79-,80-,81-,82-,83-,84-/m1/s1. The number of aliphatic hydroxyl groups is 21. The lowest BCUT2D eigenvalue weighted by Crippen LogP contribution is -2.63. The fourth-order valence-electron chi connectivity index (χ4n) is 21.5. The molecule has 21 rings (SSSR count). The Morgan fingerprint density at radius 2 is 0.227 bits per heavy atom. The maximum atomic E-state index is 11.8. The predicted molar refractivity (Wildman–Crippen MR) is 421 cm³/mol. The van der Waals surface area contributed by atoms with E-state index in [1.165, 1.54) is 96.9 Å². The zero-order valence-electron chi connectivity index (χ0n) is 72.2. The van der Waals surface area contributed by atoms with Crippen molar-refractivity contribution in [3.63, 3.8) is 0 Å². The van der Waals surface area contributed by atoms with Gasteiger partial charge >= 0.3 is 0 Å². The largest absolute Gasteiger partial charge is 0.394 e. The van der Waals surface area contributed by atoms with E-state index in [-0.39, 0.29) is 89.9 Å². The molecule has 21 saturated heterocycles. The van der Waals surface area contributed by atoms with Crippen LogP contribution in [0.4, 0.5) is 0 Å². The minimum Gasteiger partial charge on any atom is -0.394 e. The number of ether oxygens (including phenoxy) is 14. The van der Waals surface area contributed by atoms with Crippen LogP contribution >= 0.6 is 0 Å². The van der Waals surface area contributed by atoms with Crippen molar-refractivity contribution in [2.24, 2.45) is 82.9 Å². The Balaban J connectivity index is 1.38. The molecule has 0 radical (unpaired) electrons. The highest BCUT2D eigenvalue weighted by Crippen LogP contribution is 2.53. The molecule has 21 aliphatic heterocycles. The lowest BCUT2D eigenvalue weighted by atomic mass is 9.73. The van der Waals surface area contributed by atoms with Crippen LogP contribution in [0.2, 0.25) is 0 Å². The van der Waals surface area contributed by atoms with Crippen molar-refractivity contribution in [3.05, 3.63) is 0 Å². The molecule has 0 aromatic heterocycles. The SMILES string of the molecule is CC(O)C[C@@H]1[C@@H](CC(C)O)[C@H]2O[C@H]3[C@H](CC(C)O)[C@@H](CC(C)O)[C@@H](O[C@H]4[C@H](CC(C)O)[C@@H](CC(C)O)[C@@H](O[C@H]5[C@H](CC(C)O)[C@@H](CC(C)O)[C@@H](O[C@H]6[C@H](CC(C)O)[C@@H](CC(C)O)[C@@H](O[C@H]7[C@H](CC(C)O)[C@@H](CC(C)O)[C@@H](O[C@H]8[C@H](CC(C)O)[C@@H](CC(C)O)[C@@H](O[C@@H]1[C@@H](CO)O2)O[C@@H]8CO)O[C@@H]7CO)O[C@@H]6CO)O[C@@H]5CO)O[C@@H]4CO)O[C@@H]3CO. The molecule has 14 unspecified atom stereocenters. The lowest BCUT2D eigenvalue weighted by molar-refractivity contribution is -0.382. The Morgan fingerprint density at radius 1 is 0.143 bits per heavy atom. The van der Waals surface area contributed by atoms with Gasteiger partial charge in [0.05, 0.1) is 174 Å². The molecule has 0 saturated carbocycles. The van der Waals surface area contributed by atoms with Gasteiger partial charge in [-0.2, -0.15) is 0 Å². The van der Waals surface area contributed by atoms with Gasteiger partial charge in [-0.05, 0) is 228 Å². The van der Waals surface area contributed by atoms with E-state index in [0.717, 1.165) is 0 Å². The van der Waals surface area contributed by atoms with E-state index >= 15 is 0 Å². The number of aliphatic hydroxyl groups excluding tert-OH is 21. The third-order valence-electron chi connectivity index (χ3n) is 25.9. The van der Waals surface area contributed by atoms with Crippen LogP contribution in [0, 0.1) is 82.9 Å². The summed E-state index contributed by atoms with van der Waals surface area (Å²) in [4.78, 5) is 0. The maximum absolute atomic E-state index is 11.8. The molecule has 14 bridgehead atoms. The Morgan fingerprint density at radius 3 is 0.303 bits per heavy atom. The van der Waals surface area contributed by atoms with Crippen LogP contribution in [-0.2, 0) is 66.3 Å². The first kappa shape index (κ1) is 103. The van der Waals surface area contributed by atoms with Gasteiger partial charge in [-0.25, -0.2) is 0 Å². The number of hydrogen-bond acceptors (Lipinski definition) is 35. The maximum Gasteiger partial charge on any atom is 0.161 e.